The second kappa shape index (κ2) is 26.6. The molecule has 0 bridgehead atoms. The van der Waals surface area contributed by atoms with Crippen LogP contribution in [0, 0.1) is 0 Å². The molecule has 2 aromatic heterocycles. The monoisotopic (exact) mass is 1540 g/mol. The molecule has 2 heterocycles. The van der Waals surface area contributed by atoms with Crippen molar-refractivity contribution in [3.63, 3.8) is 0 Å². The predicted molar refractivity (Wildman–Crippen MR) is 507 cm³/mol. The van der Waals surface area contributed by atoms with E-state index in [1.807, 2.05) is 0 Å². The zero-order chi connectivity index (χ0) is 80.7. The second-order valence-electron chi connectivity index (χ2n) is 35.4. The molecule has 0 atom stereocenters. The minimum atomic E-state index is -0.158. The maximum absolute atomic E-state index is 2.58. The van der Waals surface area contributed by atoms with Crippen LogP contribution in [0.15, 0.2) is 388 Å². The molecule has 0 unspecified atom stereocenters. The van der Waals surface area contributed by atoms with E-state index >= 15 is 0 Å². The first kappa shape index (κ1) is 71.0. The fourth-order valence-corrected chi connectivity index (χ4v) is 21.8. The van der Waals surface area contributed by atoms with Gasteiger partial charge in [0, 0.05) is 76.8 Å². The van der Waals surface area contributed by atoms with Gasteiger partial charge in [0.2, 0.25) is 0 Å². The maximum atomic E-state index is 2.58. The van der Waals surface area contributed by atoms with Crippen molar-refractivity contribution in [2.24, 2.45) is 0 Å². The Morgan fingerprint density at radius 1 is 0.200 bits per heavy atom. The summed E-state index contributed by atoms with van der Waals surface area (Å²) in [7, 11) is 0. The lowest BCUT2D eigenvalue weighted by Gasteiger charge is -2.32. The van der Waals surface area contributed by atoms with E-state index < -0.39 is 0 Å². The topological polar surface area (TPSA) is 16.3 Å². The van der Waals surface area contributed by atoms with Crippen molar-refractivity contribution in [3.05, 3.63) is 433 Å². The highest BCUT2D eigenvalue weighted by Crippen LogP contribution is 2.60. The fourth-order valence-electron chi connectivity index (χ4n) is 21.8. The quantitative estimate of drug-likeness (QED) is 0.136. The zero-order valence-corrected chi connectivity index (χ0v) is 68.7. The standard InChI is InChI=1S/2C58H44N2/c1-57(2)47-25-11-7-20-42(47)46-36-39(32-33-49(46)57)59(54-30-16-27-50-56(54)45-23-8-12-26-48(45)58(50,3)4)55-35-38(41-24-15-18-37-17-5-6-19-40(37)41)31-34-53(55)60-51-28-13-9-21-43(51)44-22-10-14-29-52(44)60;1-57(2)47-25-12-8-21-41(47)46-35-39(32-33-49(46)57)59(54-31-17-27-50-56(54)44-24-9-13-26-48(44)58(50,3)4)40-34-38-20-16-30-53(55(38)45(36-40)37-18-6-5-7-19-37)60-51-28-14-10-22-42(51)43-23-11-15-29-52(43)60/h2*5-36H,1-4H3. The molecule has 572 valence electrons. The molecule has 0 amide bonds. The highest BCUT2D eigenvalue weighted by molar-refractivity contribution is 6.15. The molecule has 0 spiro atoms. The van der Waals surface area contributed by atoms with Gasteiger partial charge in [-0.25, -0.2) is 0 Å². The number of rotatable bonds is 10. The van der Waals surface area contributed by atoms with Crippen LogP contribution in [0.5, 0.6) is 0 Å². The molecular formula is C116H88N4. The van der Waals surface area contributed by atoms with Gasteiger partial charge >= 0.3 is 0 Å². The van der Waals surface area contributed by atoms with Crippen LogP contribution in [-0.2, 0) is 21.7 Å². The van der Waals surface area contributed by atoms with Crippen LogP contribution in [0.3, 0.4) is 0 Å². The van der Waals surface area contributed by atoms with Crippen molar-refractivity contribution in [1.29, 1.82) is 0 Å². The SMILES string of the molecule is CC1(C)c2ccccc2-c2cc(N(c3cc(-c4cccc5ccccc45)ccc3-n3c4ccccc4c4ccccc43)c3cccc4c3-c3ccccc3C4(C)C)ccc21.CC1(C)c2ccccc2-c2cc(N(c3cc(-c4ccccc4)c4c(-n5c6ccccc6c6ccccc65)cccc4c3)c3cccc4c3-c3ccccc3C4(C)C)ccc21. The van der Waals surface area contributed by atoms with Crippen LogP contribution in [-0.4, -0.2) is 9.13 Å². The Kier molecular flexibility index (Phi) is 15.7. The molecule has 4 nitrogen and oxygen atoms in total. The average Bonchev–Trinajstić information content (AvgIpc) is 1.54. The van der Waals surface area contributed by atoms with Crippen molar-refractivity contribution in [3.8, 4) is 78.1 Å². The van der Waals surface area contributed by atoms with Gasteiger partial charge in [-0.05, 0) is 207 Å². The van der Waals surface area contributed by atoms with Crippen LogP contribution < -0.4 is 9.80 Å². The third-order valence-electron chi connectivity index (χ3n) is 27.5. The minimum Gasteiger partial charge on any atom is -0.310 e. The smallest absolute Gasteiger partial charge is 0.0708 e. The van der Waals surface area contributed by atoms with Crippen LogP contribution in [0.25, 0.3) is 143 Å². The highest BCUT2D eigenvalue weighted by atomic mass is 15.2. The van der Waals surface area contributed by atoms with Gasteiger partial charge in [-0.15, -0.1) is 0 Å². The number of hydrogen-bond donors (Lipinski definition) is 0. The van der Waals surface area contributed by atoms with Gasteiger partial charge in [0.1, 0.15) is 0 Å². The van der Waals surface area contributed by atoms with Crippen LogP contribution >= 0.6 is 0 Å². The molecule has 120 heavy (non-hydrogen) atoms. The van der Waals surface area contributed by atoms with E-state index in [4.69, 9.17) is 0 Å². The largest absolute Gasteiger partial charge is 0.310 e. The van der Waals surface area contributed by atoms with Gasteiger partial charge in [0.25, 0.3) is 0 Å². The van der Waals surface area contributed by atoms with Crippen molar-refractivity contribution in [2.75, 3.05) is 9.80 Å². The van der Waals surface area contributed by atoms with E-state index in [0.29, 0.717) is 0 Å². The third-order valence-corrected chi connectivity index (χ3v) is 27.5. The molecule has 0 radical (unpaired) electrons. The zero-order valence-electron chi connectivity index (χ0n) is 68.7. The highest BCUT2D eigenvalue weighted by Gasteiger charge is 2.43. The molecule has 0 fully saturated rings. The summed E-state index contributed by atoms with van der Waals surface area (Å²) in [6.07, 6.45) is 0. The number of nitrogens with zero attached hydrogens (tertiary/aromatic N) is 4. The molecule has 18 aromatic carbocycles. The molecule has 4 aliphatic rings. The van der Waals surface area contributed by atoms with Crippen molar-refractivity contribution < 1.29 is 0 Å². The summed E-state index contributed by atoms with van der Waals surface area (Å²) in [6.45, 7) is 19.0. The Morgan fingerprint density at radius 2 is 0.567 bits per heavy atom. The van der Waals surface area contributed by atoms with Gasteiger partial charge in [0.05, 0.1) is 50.5 Å². The van der Waals surface area contributed by atoms with E-state index in [2.05, 4.69) is 463 Å². The lowest BCUT2D eigenvalue weighted by Crippen LogP contribution is -2.17. The lowest BCUT2D eigenvalue weighted by molar-refractivity contribution is 0.660. The summed E-state index contributed by atoms with van der Waals surface area (Å²) >= 11 is 0. The lowest BCUT2D eigenvalue weighted by atomic mass is 9.82. The van der Waals surface area contributed by atoms with E-state index in [-0.39, 0.29) is 21.7 Å². The number of aromatic nitrogens is 2. The second-order valence-corrected chi connectivity index (χ2v) is 35.4. The van der Waals surface area contributed by atoms with Crippen molar-refractivity contribution >= 4 is 99.3 Å². The van der Waals surface area contributed by atoms with Gasteiger partial charge in [0.15, 0.2) is 0 Å². The van der Waals surface area contributed by atoms with E-state index in [9.17, 15) is 0 Å². The predicted octanol–water partition coefficient (Wildman–Crippen LogP) is 31.4. The molecule has 0 aliphatic heterocycles. The Morgan fingerprint density at radius 3 is 1.10 bits per heavy atom. The maximum Gasteiger partial charge on any atom is 0.0708 e. The van der Waals surface area contributed by atoms with Crippen LogP contribution in [0.2, 0.25) is 0 Å². The van der Waals surface area contributed by atoms with Crippen molar-refractivity contribution in [2.45, 2.75) is 77.0 Å². The van der Waals surface area contributed by atoms with E-state index in [1.165, 1.54) is 193 Å². The number of benzene rings is 18. The summed E-state index contributed by atoms with van der Waals surface area (Å²) in [5, 5.41) is 9.92. The number of anilines is 6. The number of fused-ring (bicyclic) bond motifs is 20. The van der Waals surface area contributed by atoms with Crippen molar-refractivity contribution in [1.82, 2.24) is 9.13 Å². The van der Waals surface area contributed by atoms with Gasteiger partial charge in [-0.1, -0.05) is 353 Å². The average molecular weight is 1540 g/mol. The summed E-state index contributed by atoms with van der Waals surface area (Å²) in [6, 6.07) is 145. The Bertz CT molecular complexity index is 7570. The summed E-state index contributed by atoms with van der Waals surface area (Å²) in [5.41, 5.74) is 39.7. The van der Waals surface area contributed by atoms with Gasteiger partial charge in [-0.2, -0.15) is 0 Å². The molecule has 4 heteroatoms. The first-order valence-corrected chi connectivity index (χ1v) is 42.4. The number of hydrogen-bond acceptors (Lipinski definition) is 2. The molecule has 24 rings (SSSR count). The minimum absolute atomic E-state index is 0.0844. The van der Waals surface area contributed by atoms with E-state index in [1.54, 1.807) is 0 Å². The molecule has 0 N–H and O–H groups in total. The third kappa shape index (κ3) is 10.4. The van der Waals surface area contributed by atoms with Gasteiger partial charge in [-0.3, -0.25) is 0 Å². The molecule has 4 aliphatic carbocycles. The van der Waals surface area contributed by atoms with Crippen LogP contribution in [0.1, 0.15) is 99.9 Å². The first-order chi connectivity index (χ1) is 58.6. The normalized spacial score (nSPS) is 14.3. The van der Waals surface area contributed by atoms with Crippen LogP contribution in [0.4, 0.5) is 34.1 Å². The Labute approximate surface area is 701 Å². The van der Waals surface area contributed by atoms with Gasteiger partial charge < -0.3 is 18.9 Å². The Balaban J connectivity index is 0.000000140. The van der Waals surface area contributed by atoms with E-state index in [0.717, 1.165) is 28.4 Å². The summed E-state index contributed by atoms with van der Waals surface area (Å²) in [5.74, 6) is 0. The molecule has 20 aromatic rings. The first-order valence-electron chi connectivity index (χ1n) is 42.4. The summed E-state index contributed by atoms with van der Waals surface area (Å²) in [4.78, 5) is 5.13. The summed E-state index contributed by atoms with van der Waals surface area (Å²) < 4.78 is 4.96. The molecular weight excluding hydrogens is 1450 g/mol. The fraction of sp³-hybridized carbons (Fsp3) is 0.103. The molecule has 0 saturated heterocycles. The Hall–Kier alpha value is -14.3. The number of para-hydroxylation sites is 4. The molecule has 0 saturated carbocycles.